The zero-order chi connectivity index (χ0) is 13.4. The summed E-state index contributed by atoms with van der Waals surface area (Å²) in [6.45, 7) is 13.8. The first-order valence-corrected chi connectivity index (χ1v) is 7.08. The van der Waals surface area contributed by atoms with E-state index < -0.39 is 0 Å². The van der Waals surface area contributed by atoms with Crippen molar-refractivity contribution in [2.75, 3.05) is 19.6 Å². The molecule has 1 heterocycles. The van der Waals surface area contributed by atoms with Crippen LogP contribution in [0.15, 0.2) is 6.07 Å². The molecule has 0 aromatic carbocycles. The van der Waals surface area contributed by atoms with E-state index in [0.717, 1.165) is 44.3 Å². The fourth-order valence-corrected chi connectivity index (χ4v) is 1.96. The Morgan fingerprint density at radius 2 is 2.00 bits per heavy atom. The quantitative estimate of drug-likeness (QED) is 0.660. The van der Waals surface area contributed by atoms with Crippen molar-refractivity contribution in [3.8, 4) is 0 Å². The molecular formula is C14H28N4. The lowest BCUT2D eigenvalue weighted by Gasteiger charge is -2.08. The van der Waals surface area contributed by atoms with Gasteiger partial charge < -0.3 is 10.6 Å². The van der Waals surface area contributed by atoms with Crippen LogP contribution in [0.3, 0.4) is 0 Å². The predicted molar refractivity (Wildman–Crippen MR) is 76.7 cm³/mol. The Kier molecular flexibility index (Phi) is 6.98. The summed E-state index contributed by atoms with van der Waals surface area (Å²) in [7, 11) is 0. The third-order valence-electron chi connectivity index (χ3n) is 2.85. The van der Waals surface area contributed by atoms with Crippen LogP contribution in [0.5, 0.6) is 0 Å². The predicted octanol–water partition coefficient (Wildman–Crippen LogP) is 1.94. The molecule has 0 spiro atoms. The van der Waals surface area contributed by atoms with Crippen molar-refractivity contribution in [3.63, 3.8) is 0 Å². The molecule has 1 aromatic rings. The molecule has 4 heteroatoms. The highest BCUT2D eigenvalue weighted by Crippen LogP contribution is 2.03. The lowest BCUT2D eigenvalue weighted by molar-refractivity contribution is 0.523. The van der Waals surface area contributed by atoms with E-state index in [2.05, 4.69) is 47.3 Å². The molecule has 2 N–H and O–H groups in total. The molecule has 4 nitrogen and oxygen atoms in total. The molecule has 0 unspecified atom stereocenters. The Hall–Kier alpha value is -0.870. The van der Waals surface area contributed by atoms with Crippen LogP contribution in [0.1, 0.15) is 38.6 Å². The standard InChI is InChI=1S/C14H28N4/c1-5-18-14(9-13(4)17-18)11-16-8-6-7-15-10-12(2)3/h9,12,15-16H,5-8,10-11H2,1-4H3. The summed E-state index contributed by atoms with van der Waals surface area (Å²) in [5.41, 5.74) is 2.39. The van der Waals surface area contributed by atoms with Gasteiger partial charge in [0.25, 0.3) is 0 Å². The molecule has 18 heavy (non-hydrogen) atoms. The highest BCUT2D eigenvalue weighted by atomic mass is 15.3. The molecule has 1 aromatic heterocycles. The van der Waals surface area contributed by atoms with E-state index in [0.29, 0.717) is 0 Å². The average molecular weight is 252 g/mol. The van der Waals surface area contributed by atoms with Crippen LogP contribution in [0.25, 0.3) is 0 Å². The molecule has 0 atom stereocenters. The summed E-state index contributed by atoms with van der Waals surface area (Å²) in [6, 6.07) is 2.16. The van der Waals surface area contributed by atoms with Gasteiger partial charge in [-0.3, -0.25) is 4.68 Å². The van der Waals surface area contributed by atoms with Crippen molar-refractivity contribution in [2.45, 2.75) is 47.2 Å². The first kappa shape index (κ1) is 15.2. The van der Waals surface area contributed by atoms with Crippen LogP contribution in [-0.4, -0.2) is 29.4 Å². The molecule has 0 bridgehead atoms. The highest BCUT2D eigenvalue weighted by Gasteiger charge is 2.02. The normalized spacial score (nSPS) is 11.4. The molecule has 0 fully saturated rings. The van der Waals surface area contributed by atoms with Gasteiger partial charge in [0.2, 0.25) is 0 Å². The number of nitrogens with zero attached hydrogens (tertiary/aromatic N) is 2. The maximum atomic E-state index is 4.44. The highest BCUT2D eigenvalue weighted by molar-refractivity contribution is 5.08. The minimum Gasteiger partial charge on any atom is -0.316 e. The Morgan fingerprint density at radius 3 is 2.67 bits per heavy atom. The number of aryl methyl sites for hydroxylation is 2. The van der Waals surface area contributed by atoms with Gasteiger partial charge in [0, 0.05) is 13.1 Å². The van der Waals surface area contributed by atoms with Crippen LogP contribution in [0.4, 0.5) is 0 Å². The van der Waals surface area contributed by atoms with E-state index in [1.165, 1.54) is 12.1 Å². The molecular weight excluding hydrogens is 224 g/mol. The molecule has 0 aliphatic rings. The lowest BCUT2D eigenvalue weighted by Crippen LogP contribution is -2.25. The molecule has 0 saturated carbocycles. The maximum Gasteiger partial charge on any atom is 0.0597 e. The lowest BCUT2D eigenvalue weighted by atomic mass is 10.2. The SMILES string of the molecule is CCn1nc(C)cc1CNCCCNCC(C)C. The van der Waals surface area contributed by atoms with Crippen molar-refractivity contribution in [1.29, 1.82) is 0 Å². The van der Waals surface area contributed by atoms with Crippen LogP contribution in [0.2, 0.25) is 0 Å². The van der Waals surface area contributed by atoms with Gasteiger partial charge in [-0.15, -0.1) is 0 Å². The van der Waals surface area contributed by atoms with E-state index in [1.54, 1.807) is 0 Å². The number of hydrogen-bond donors (Lipinski definition) is 2. The average Bonchev–Trinajstić information content (AvgIpc) is 2.68. The van der Waals surface area contributed by atoms with E-state index in [9.17, 15) is 0 Å². The Bertz CT molecular complexity index is 331. The largest absolute Gasteiger partial charge is 0.316 e. The molecule has 0 amide bonds. The van der Waals surface area contributed by atoms with Gasteiger partial charge in [-0.2, -0.15) is 5.10 Å². The summed E-state index contributed by atoms with van der Waals surface area (Å²) in [5.74, 6) is 0.736. The van der Waals surface area contributed by atoms with Crippen LogP contribution >= 0.6 is 0 Å². The molecule has 104 valence electrons. The number of aromatic nitrogens is 2. The number of nitrogens with one attached hydrogen (secondary N) is 2. The van der Waals surface area contributed by atoms with Crippen molar-refractivity contribution in [2.24, 2.45) is 5.92 Å². The topological polar surface area (TPSA) is 41.9 Å². The molecule has 0 aliphatic carbocycles. The first-order chi connectivity index (χ1) is 8.63. The molecule has 1 rings (SSSR count). The zero-order valence-corrected chi connectivity index (χ0v) is 12.3. The second-order valence-corrected chi connectivity index (χ2v) is 5.22. The van der Waals surface area contributed by atoms with E-state index in [1.807, 2.05) is 6.92 Å². The minimum absolute atomic E-state index is 0.736. The van der Waals surface area contributed by atoms with Gasteiger partial charge in [0.05, 0.1) is 11.4 Å². The van der Waals surface area contributed by atoms with Gasteiger partial charge >= 0.3 is 0 Å². The van der Waals surface area contributed by atoms with E-state index in [4.69, 9.17) is 0 Å². The summed E-state index contributed by atoms with van der Waals surface area (Å²) in [6.07, 6.45) is 1.17. The fraction of sp³-hybridized carbons (Fsp3) is 0.786. The second kappa shape index (κ2) is 8.27. The van der Waals surface area contributed by atoms with Crippen molar-refractivity contribution >= 4 is 0 Å². The summed E-state index contributed by atoms with van der Waals surface area (Å²) < 4.78 is 2.07. The monoisotopic (exact) mass is 252 g/mol. The summed E-state index contributed by atoms with van der Waals surface area (Å²) in [4.78, 5) is 0. The third kappa shape index (κ3) is 5.65. The first-order valence-electron chi connectivity index (χ1n) is 7.08. The second-order valence-electron chi connectivity index (χ2n) is 5.22. The Morgan fingerprint density at radius 1 is 1.28 bits per heavy atom. The molecule has 0 saturated heterocycles. The van der Waals surface area contributed by atoms with E-state index in [-0.39, 0.29) is 0 Å². The minimum atomic E-state index is 0.736. The summed E-state index contributed by atoms with van der Waals surface area (Å²) in [5, 5.41) is 11.4. The van der Waals surface area contributed by atoms with Gasteiger partial charge in [-0.25, -0.2) is 0 Å². The Balaban J connectivity index is 2.10. The molecule has 0 aliphatic heterocycles. The van der Waals surface area contributed by atoms with Crippen molar-refractivity contribution in [3.05, 3.63) is 17.5 Å². The van der Waals surface area contributed by atoms with Crippen molar-refractivity contribution < 1.29 is 0 Å². The zero-order valence-electron chi connectivity index (χ0n) is 12.3. The van der Waals surface area contributed by atoms with Crippen LogP contribution < -0.4 is 10.6 Å². The van der Waals surface area contributed by atoms with Crippen LogP contribution in [-0.2, 0) is 13.1 Å². The van der Waals surface area contributed by atoms with Gasteiger partial charge in [-0.05, 0) is 51.9 Å². The number of hydrogen-bond acceptors (Lipinski definition) is 3. The van der Waals surface area contributed by atoms with E-state index >= 15 is 0 Å². The summed E-state index contributed by atoms with van der Waals surface area (Å²) >= 11 is 0. The third-order valence-corrected chi connectivity index (χ3v) is 2.85. The smallest absolute Gasteiger partial charge is 0.0597 e. The Labute approximate surface area is 111 Å². The molecule has 0 radical (unpaired) electrons. The maximum absolute atomic E-state index is 4.44. The van der Waals surface area contributed by atoms with Gasteiger partial charge in [-0.1, -0.05) is 13.8 Å². The fourth-order valence-electron chi connectivity index (χ4n) is 1.96. The van der Waals surface area contributed by atoms with Crippen LogP contribution in [0, 0.1) is 12.8 Å². The van der Waals surface area contributed by atoms with Gasteiger partial charge in [0.1, 0.15) is 0 Å². The number of rotatable bonds is 9. The van der Waals surface area contributed by atoms with Gasteiger partial charge in [0.15, 0.2) is 0 Å². The van der Waals surface area contributed by atoms with Crippen molar-refractivity contribution in [1.82, 2.24) is 20.4 Å².